The van der Waals surface area contributed by atoms with E-state index >= 15 is 0 Å². The van der Waals surface area contributed by atoms with E-state index in [-0.39, 0.29) is 11.7 Å². The minimum atomic E-state index is -0.491. The molecular weight excluding hydrogens is 302 g/mol. The van der Waals surface area contributed by atoms with Crippen molar-refractivity contribution in [3.63, 3.8) is 0 Å². The minimum Gasteiger partial charge on any atom is -0.346 e. The van der Waals surface area contributed by atoms with Crippen molar-refractivity contribution in [1.29, 1.82) is 0 Å². The second-order valence-corrected chi connectivity index (χ2v) is 5.00. The fraction of sp³-hybridized carbons (Fsp3) is 0.455. The summed E-state index contributed by atoms with van der Waals surface area (Å²) in [6.07, 6.45) is 4.94. The summed E-state index contributed by atoms with van der Waals surface area (Å²) in [5, 5.41) is 10.6. The molecule has 1 aliphatic rings. The molecule has 7 heteroatoms. The highest BCUT2D eigenvalue weighted by molar-refractivity contribution is 9.10. The number of nitrogens with zero attached hydrogens (tertiary/aromatic N) is 3. The minimum absolute atomic E-state index is 0.0645. The lowest BCUT2D eigenvalue weighted by Gasteiger charge is -2.33. The Kier molecular flexibility index (Phi) is 3.90. The lowest BCUT2D eigenvalue weighted by molar-refractivity contribution is -0.385. The van der Waals surface area contributed by atoms with Crippen LogP contribution in [0.4, 0.5) is 11.5 Å². The molecule has 1 aliphatic heterocycles. The number of carbonyl (C=O) groups is 1. The van der Waals surface area contributed by atoms with Gasteiger partial charge in [0.1, 0.15) is 18.3 Å². The van der Waals surface area contributed by atoms with Gasteiger partial charge in [-0.25, -0.2) is 4.98 Å². The predicted molar refractivity (Wildman–Crippen MR) is 69.6 cm³/mol. The molecule has 1 aromatic heterocycles. The number of rotatable bonds is 3. The van der Waals surface area contributed by atoms with Crippen molar-refractivity contribution in [2.75, 3.05) is 11.4 Å². The van der Waals surface area contributed by atoms with Gasteiger partial charge in [-0.1, -0.05) is 0 Å². The number of halogens is 1. The third kappa shape index (κ3) is 2.50. The first-order valence-corrected chi connectivity index (χ1v) is 6.44. The van der Waals surface area contributed by atoms with Crippen LogP contribution in [0.15, 0.2) is 16.7 Å². The quantitative estimate of drug-likeness (QED) is 0.486. The Balaban J connectivity index is 2.32. The van der Waals surface area contributed by atoms with Gasteiger partial charge in [-0.15, -0.1) is 0 Å². The van der Waals surface area contributed by atoms with Gasteiger partial charge in [0, 0.05) is 12.6 Å². The van der Waals surface area contributed by atoms with Crippen molar-refractivity contribution < 1.29 is 9.72 Å². The van der Waals surface area contributed by atoms with E-state index in [9.17, 15) is 14.9 Å². The molecule has 1 atom stereocenters. The van der Waals surface area contributed by atoms with Crippen molar-refractivity contribution in [2.45, 2.75) is 25.3 Å². The van der Waals surface area contributed by atoms with Gasteiger partial charge in [-0.3, -0.25) is 10.1 Å². The van der Waals surface area contributed by atoms with Gasteiger partial charge in [-0.05, 0) is 35.2 Å². The molecule has 0 radical (unpaired) electrons. The van der Waals surface area contributed by atoms with E-state index < -0.39 is 4.92 Å². The summed E-state index contributed by atoms with van der Waals surface area (Å²) in [6, 6.07) is 1.22. The molecule has 2 rings (SSSR count). The van der Waals surface area contributed by atoms with Crippen LogP contribution in [0.5, 0.6) is 0 Å². The van der Waals surface area contributed by atoms with Crippen LogP contribution in [-0.2, 0) is 4.79 Å². The Bertz CT molecular complexity index is 481. The van der Waals surface area contributed by atoms with Crippen LogP contribution in [0.1, 0.15) is 19.3 Å². The average molecular weight is 314 g/mol. The van der Waals surface area contributed by atoms with E-state index in [2.05, 4.69) is 20.9 Å². The molecule has 2 heterocycles. The smallest absolute Gasteiger partial charge is 0.288 e. The van der Waals surface area contributed by atoms with E-state index in [0.717, 1.165) is 32.1 Å². The van der Waals surface area contributed by atoms with Crippen LogP contribution in [0.3, 0.4) is 0 Å². The second kappa shape index (κ2) is 5.43. The molecule has 0 N–H and O–H groups in total. The van der Waals surface area contributed by atoms with Crippen LogP contribution in [0.2, 0.25) is 0 Å². The van der Waals surface area contributed by atoms with E-state index in [1.807, 2.05) is 4.90 Å². The van der Waals surface area contributed by atoms with Gasteiger partial charge < -0.3 is 9.69 Å². The number of aromatic nitrogens is 1. The lowest BCUT2D eigenvalue weighted by Crippen LogP contribution is -2.41. The number of carbonyl (C=O) groups excluding carboxylic acids is 1. The predicted octanol–water partition coefficient (Wildman–Crippen LogP) is 2.31. The van der Waals surface area contributed by atoms with Crippen LogP contribution in [0, 0.1) is 10.1 Å². The van der Waals surface area contributed by atoms with Gasteiger partial charge in [-0.2, -0.15) is 0 Å². The van der Waals surface area contributed by atoms with Crippen molar-refractivity contribution in [3.8, 4) is 0 Å². The zero-order valence-electron chi connectivity index (χ0n) is 9.58. The molecule has 1 fully saturated rings. The maximum atomic E-state index is 11.0. The maximum absolute atomic E-state index is 11.0. The maximum Gasteiger partial charge on any atom is 0.288 e. The Morgan fingerprint density at radius 3 is 2.94 bits per heavy atom. The molecule has 0 bridgehead atoms. The normalized spacial score (nSPS) is 19.6. The molecular formula is C11H12BrN3O3. The van der Waals surface area contributed by atoms with Crippen LogP contribution in [-0.4, -0.2) is 28.8 Å². The van der Waals surface area contributed by atoms with Gasteiger partial charge in [0.05, 0.1) is 15.4 Å². The molecule has 18 heavy (non-hydrogen) atoms. The van der Waals surface area contributed by atoms with Crippen LogP contribution < -0.4 is 4.90 Å². The monoisotopic (exact) mass is 313 g/mol. The van der Waals surface area contributed by atoms with Crippen molar-refractivity contribution in [3.05, 3.63) is 26.9 Å². The van der Waals surface area contributed by atoms with Gasteiger partial charge in [0.2, 0.25) is 0 Å². The Morgan fingerprint density at radius 2 is 2.33 bits per heavy atom. The van der Waals surface area contributed by atoms with Gasteiger partial charge in [0.15, 0.2) is 0 Å². The second-order valence-electron chi connectivity index (χ2n) is 4.15. The standard InChI is InChI=1S/C11H12BrN3O3/c12-10-5-9(15(17)18)6-13-11(10)14-4-2-1-3-8(14)7-16/h5-8H,1-4H2. The molecule has 0 spiro atoms. The highest BCUT2D eigenvalue weighted by atomic mass is 79.9. The number of hydrogen-bond acceptors (Lipinski definition) is 5. The van der Waals surface area contributed by atoms with E-state index in [0.29, 0.717) is 10.3 Å². The first-order valence-electron chi connectivity index (χ1n) is 5.65. The highest BCUT2D eigenvalue weighted by Gasteiger charge is 2.25. The number of anilines is 1. The summed E-state index contributed by atoms with van der Waals surface area (Å²) in [6.45, 7) is 0.743. The summed E-state index contributed by atoms with van der Waals surface area (Å²) >= 11 is 3.28. The van der Waals surface area contributed by atoms with E-state index in [4.69, 9.17) is 0 Å². The zero-order valence-corrected chi connectivity index (χ0v) is 11.2. The number of piperidine rings is 1. The van der Waals surface area contributed by atoms with E-state index in [1.54, 1.807) is 0 Å². The molecule has 1 aromatic rings. The van der Waals surface area contributed by atoms with Crippen molar-refractivity contribution >= 4 is 33.7 Å². The first-order chi connectivity index (χ1) is 8.63. The molecule has 1 saturated heterocycles. The van der Waals surface area contributed by atoms with E-state index in [1.165, 1.54) is 12.3 Å². The summed E-state index contributed by atoms with van der Waals surface area (Å²) in [7, 11) is 0. The fourth-order valence-electron chi connectivity index (χ4n) is 2.09. The lowest BCUT2D eigenvalue weighted by atomic mass is 10.0. The molecule has 0 saturated carbocycles. The Labute approximate surface area is 112 Å². The molecule has 1 unspecified atom stereocenters. The van der Waals surface area contributed by atoms with Crippen LogP contribution in [0.25, 0.3) is 0 Å². The highest BCUT2D eigenvalue weighted by Crippen LogP contribution is 2.31. The first kappa shape index (κ1) is 12.9. The number of aldehydes is 1. The topological polar surface area (TPSA) is 76.3 Å². The van der Waals surface area contributed by atoms with Crippen molar-refractivity contribution in [1.82, 2.24) is 4.98 Å². The Hall–Kier alpha value is -1.50. The zero-order chi connectivity index (χ0) is 13.1. The molecule has 0 aliphatic carbocycles. The summed E-state index contributed by atoms with van der Waals surface area (Å²) in [5.41, 5.74) is -0.0645. The summed E-state index contributed by atoms with van der Waals surface area (Å²) in [4.78, 5) is 27.2. The molecule has 6 nitrogen and oxygen atoms in total. The molecule has 96 valence electrons. The molecule has 0 amide bonds. The summed E-state index contributed by atoms with van der Waals surface area (Å²) in [5.74, 6) is 0.595. The average Bonchev–Trinajstić information content (AvgIpc) is 2.38. The SMILES string of the molecule is O=CC1CCCCN1c1ncc([N+](=O)[O-])cc1Br. The third-order valence-electron chi connectivity index (χ3n) is 3.00. The number of pyridine rings is 1. The van der Waals surface area contributed by atoms with Gasteiger partial charge >= 0.3 is 0 Å². The third-order valence-corrected chi connectivity index (χ3v) is 3.58. The molecule has 0 aromatic carbocycles. The van der Waals surface area contributed by atoms with Crippen molar-refractivity contribution in [2.24, 2.45) is 0 Å². The van der Waals surface area contributed by atoms with Crippen LogP contribution >= 0.6 is 15.9 Å². The fourth-order valence-corrected chi connectivity index (χ4v) is 2.66. The van der Waals surface area contributed by atoms with Gasteiger partial charge in [0.25, 0.3) is 5.69 Å². The Morgan fingerprint density at radius 1 is 1.56 bits per heavy atom. The summed E-state index contributed by atoms with van der Waals surface area (Å²) < 4.78 is 0.547. The largest absolute Gasteiger partial charge is 0.346 e. The number of nitro groups is 1. The number of hydrogen-bond donors (Lipinski definition) is 0.